The van der Waals surface area contributed by atoms with Gasteiger partial charge in [-0.25, -0.2) is 4.68 Å². The molecule has 1 aliphatic heterocycles. The highest BCUT2D eigenvalue weighted by atomic mass is 35.5. The highest BCUT2D eigenvalue weighted by molar-refractivity contribution is 6.33. The average Bonchev–Trinajstić information content (AvgIpc) is 3.20. The van der Waals surface area contributed by atoms with E-state index >= 15 is 0 Å². The second kappa shape index (κ2) is 7.84. The fourth-order valence-corrected chi connectivity index (χ4v) is 3.64. The van der Waals surface area contributed by atoms with Gasteiger partial charge in [-0.2, -0.15) is 5.10 Å². The minimum absolute atomic E-state index is 0.258. The molecule has 4 rings (SSSR count). The molecule has 27 heavy (non-hydrogen) atoms. The summed E-state index contributed by atoms with van der Waals surface area (Å²) in [6, 6.07) is 17.1. The predicted octanol–water partition coefficient (Wildman–Crippen LogP) is 4.77. The molecule has 0 saturated carbocycles. The Kier molecular flexibility index (Phi) is 5.12. The molecule has 1 fully saturated rings. The Morgan fingerprint density at radius 1 is 1.00 bits per heavy atom. The number of benzene rings is 2. The highest BCUT2D eigenvalue weighted by Gasteiger charge is 2.15. The smallest absolute Gasteiger partial charge is 0.276 e. The molecule has 1 aromatic heterocycles. The first-order valence-electron chi connectivity index (χ1n) is 9.18. The lowest BCUT2D eigenvalue weighted by molar-refractivity contribution is 0.102. The lowest BCUT2D eigenvalue weighted by Crippen LogP contribution is -2.29. The van der Waals surface area contributed by atoms with Crippen LogP contribution in [0.1, 0.15) is 29.8 Å². The summed E-state index contributed by atoms with van der Waals surface area (Å²) >= 11 is 6.46. The average molecular weight is 381 g/mol. The molecule has 1 aliphatic rings. The van der Waals surface area contributed by atoms with Crippen LogP contribution in [-0.4, -0.2) is 28.8 Å². The minimum atomic E-state index is -0.258. The Labute approximate surface area is 163 Å². The maximum Gasteiger partial charge on any atom is 0.276 e. The van der Waals surface area contributed by atoms with Crippen molar-refractivity contribution in [1.82, 2.24) is 9.78 Å². The number of piperidine rings is 1. The Hall–Kier alpha value is -2.79. The quantitative estimate of drug-likeness (QED) is 0.709. The lowest BCUT2D eigenvalue weighted by Gasteiger charge is -2.29. The maximum absolute atomic E-state index is 12.5. The van der Waals surface area contributed by atoms with Gasteiger partial charge in [0.25, 0.3) is 5.91 Å². The van der Waals surface area contributed by atoms with Crippen molar-refractivity contribution in [3.8, 4) is 5.69 Å². The molecule has 0 atom stereocenters. The minimum Gasteiger partial charge on any atom is -0.370 e. The third-order valence-electron chi connectivity index (χ3n) is 4.74. The van der Waals surface area contributed by atoms with Gasteiger partial charge in [0, 0.05) is 25.0 Å². The Morgan fingerprint density at radius 3 is 2.52 bits per heavy atom. The number of amides is 1. The van der Waals surface area contributed by atoms with E-state index in [1.165, 1.54) is 19.3 Å². The molecule has 1 saturated heterocycles. The van der Waals surface area contributed by atoms with E-state index in [4.69, 9.17) is 11.6 Å². The predicted molar refractivity (Wildman–Crippen MR) is 109 cm³/mol. The van der Waals surface area contributed by atoms with Gasteiger partial charge in [-0.05, 0) is 55.7 Å². The van der Waals surface area contributed by atoms with E-state index in [0.717, 1.165) is 24.5 Å². The number of anilines is 2. The zero-order chi connectivity index (χ0) is 18.6. The van der Waals surface area contributed by atoms with Gasteiger partial charge < -0.3 is 10.2 Å². The van der Waals surface area contributed by atoms with Crippen molar-refractivity contribution in [2.45, 2.75) is 19.3 Å². The molecule has 0 aliphatic carbocycles. The molecule has 6 heteroatoms. The number of aromatic nitrogens is 2. The normalized spacial score (nSPS) is 14.2. The van der Waals surface area contributed by atoms with Crippen LogP contribution in [0.15, 0.2) is 60.8 Å². The van der Waals surface area contributed by atoms with Crippen LogP contribution in [0, 0.1) is 0 Å². The van der Waals surface area contributed by atoms with Crippen LogP contribution in [0.25, 0.3) is 5.69 Å². The van der Waals surface area contributed by atoms with E-state index in [0.29, 0.717) is 16.4 Å². The Balaban J connectivity index is 1.47. The van der Waals surface area contributed by atoms with Crippen LogP contribution in [0.4, 0.5) is 11.4 Å². The summed E-state index contributed by atoms with van der Waals surface area (Å²) in [7, 11) is 0. The molecule has 0 radical (unpaired) electrons. The molecule has 2 heterocycles. The number of nitrogens with one attached hydrogen (secondary N) is 1. The third kappa shape index (κ3) is 3.98. The SMILES string of the molecule is O=C(Nc1ccc(N2CCCCC2)c(Cl)c1)c1ccn(-c2ccccc2)n1. The lowest BCUT2D eigenvalue weighted by atomic mass is 10.1. The van der Waals surface area contributed by atoms with Gasteiger partial charge >= 0.3 is 0 Å². The van der Waals surface area contributed by atoms with Crippen molar-refractivity contribution < 1.29 is 4.79 Å². The number of halogens is 1. The standard InChI is InChI=1S/C21H21ClN4O/c22-18-15-16(9-10-20(18)25-12-5-2-6-13-25)23-21(27)19-11-14-26(24-19)17-7-3-1-4-8-17/h1,3-4,7-11,14-15H,2,5-6,12-13H2,(H,23,27). The molecule has 138 valence electrons. The van der Waals surface area contributed by atoms with Gasteiger partial charge in [0.2, 0.25) is 0 Å². The van der Waals surface area contributed by atoms with E-state index in [-0.39, 0.29) is 5.91 Å². The second-order valence-electron chi connectivity index (χ2n) is 6.65. The van der Waals surface area contributed by atoms with E-state index in [1.54, 1.807) is 23.0 Å². The summed E-state index contributed by atoms with van der Waals surface area (Å²) in [6.45, 7) is 2.06. The number of nitrogens with zero attached hydrogens (tertiary/aromatic N) is 3. The van der Waals surface area contributed by atoms with Crippen LogP contribution >= 0.6 is 11.6 Å². The number of hydrogen-bond donors (Lipinski definition) is 1. The Morgan fingerprint density at radius 2 is 1.78 bits per heavy atom. The molecule has 1 amide bonds. The molecular weight excluding hydrogens is 360 g/mol. The van der Waals surface area contributed by atoms with E-state index < -0.39 is 0 Å². The fourth-order valence-electron chi connectivity index (χ4n) is 3.34. The van der Waals surface area contributed by atoms with E-state index in [9.17, 15) is 4.79 Å². The second-order valence-corrected chi connectivity index (χ2v) is 7.06. The van der Waals surface area contributed by atoms with Crippen molar-refractivity contribution in [1.29, 1.82) is 0 Å². The van der Waals surface area contributed by atoms with Crippen molar-refractivity contribution in [3.05, 3.63) is 71.5 Å². The van der Waals surface area contributed by atoms with Crippen LogP contribution in [0.5, 0.6) is 0 Å². The van der Waals surface area contributed by atoms with Gasteiger partial charge in [-0.3, -0.25) is 4.79 Å². The first-order valence-corrected chi connectivity index (χ1v) is 9.55. The van der Waals surface area contributed by atoms with Gasteiger partial charge in [0.1, 0.15) is 0 Å². The summed E-state index contributed by atoms with van der Waals surface area (Å²) in [5, 5.41) is 7.89. The largest absolute Gasteiger partial charge is 0.370 e. The molecular formula is C21H21ClN4O. The van der Waals surface area contributed by atoms with E-state index in [1.807, 2.05) is 42.5 Å². The molecule has 5 nitrogen and oxygen atoms in total. The summed E-state index contributed by atoms with van der Waals surface area (Å²) < 4.78 is 1.68. The van der Waals surface area contributed by atoms with Gasteiger partial charge in [0.05, 0.1) is 16.4 Å². The van der Waals surface area contributed by atoms with Crippen molar-refractivity contribution >= 4 is 28.9 Å². The van der Waals surface area contributed by atoms with Gasteiger partial charge in [0.15, 0.2) is 5.69 Å². The number of rotatable bonds is 4. The zero-order valence-corrected chi connectivity index (χ0v) is 15.7. The monoisotopic (exact) mass is 380 g/mol. The summed E-state index contributed by atoms with van der Waals surface area (Å²) in [6.07, 6.45) is 5.44. The molecule has 0 unspecified atom stereocenters. The van der Waals surface area contributed by atoms with Crippen molar-refractivity contribution in [2.24, 2.45) is 0 Å². The van der Waals surface area contributed by atoms with Crippen LogP contribution in [0.3, 0.4) is 0 Å². The number of carbonyl (C=O) groups excluding carboxylic acids is 1. The highest BCUT2D eigenvalue weighted by Crippen LogP contribution is 2.31. The number of para-hydroxylation sites is 1. The maximum atomic E-state index is 12.5. The summed E-state index contributed by atoms with van der Waals surface area (Å²) in [5.74, 6) is -0.258. The van der Waals surface area contributed by atoms with Crippen LogP contribution in [0.2, 0.25) is 5.02 Å². The van der Waals surface area contributed by atoms with Crippen LogP contribution < -0.4 is 10.2 Å². The first-order chi connectivity index (χ1) is 13.2. The Bertz CT molecular complexity index is 932. The molecule has 1 N–H and O–H groups in total. The molecule has 2 aromatic carbocycles. The summed E-state index contributed by atoms with van der Waals surface area (Å²) in [4.78, 5) is 14.8. The topological polar surface area (TPSA) is 50.2 Å². The van der Waals surface area contributed by atoms with Gasteiger partial charge in [-0.1, -0.05) is 29.8 Å². The third-order valence-corrected chi connectivity index (χ3v) is 5.05. The first kappa shape index (κ1) is 17.6. The van der Waals surface area contributed by atoms with Crippen molar-refractivity contribution in [2.75, 3.05) is 23.3 Å². The van der Waals surface area contributed by atoms with E-state index in [2.05, 4.69) is 15.3 Å². The number of carbonyl (C=O) groups is 1. The van der Waals surface area contributed by atoms with Crippen LogP contribution in [-0.2, 0) is 0 Å². The summed E-state index contributed by atoms with van der Waals surface area (Å²) in [5.41, 5.74) is 2.96. The number of hydrogen-bond acceptors (Lipinski definition) is 3. The fraction of sp³-hybridized carbons (Fsp3) is 0.238. The molecule has 3 aromatic rings. The molecule has 0 bridgehead atoms. The zero-order valence-electron chi connectivity index (χ0n) is 14.9. The molecule has 0 spiro atoms. The van der Waals surface area contributed by atoms with Gasteiger partial charge in [-0.15, -0.1) is 0 Å². The van der Waals surface area contributed by atoms with Crippen molar-refractivity contribution in [3.63, 3.8) is 0 Å².